The SMILES string of the molecule is N#CC(C(=O)c1ccccc1)C(=O)c1noc2c1=C1CC=CC=C1C=2. The van der Waals surface area contributed by atoms with Gasteiger partial charge in [-0.2, -0.15) is 5.26 Å². The van der Waals surface area contributed by atoms with Gasteiger partial charge in [0.2, 0.25) is 5.78 Å². The summed E-state index contributed by atoms with van der Waals surface area (Å²) >= 11 is 0. The number of rotatable bonds is 4. The first-order valence-corrected chi connectivity index (χ1v) is 7.81. The Balaban J connectivity index is 1.78. The van der Waals surface area contributed by atoms with E-state index in [1.165, 1.54) is 0 Å². The quantitative estimate of drug-likeness (QED) is 0.630. The lowest BCUT2D eigenvalue weighted by Crippen LogP contribution is -2.31. The van der Waals surface area contributed by atoms with Crippen molar-refractivity contribution in [3.8, 4) is 6.07 Å². The number of nitrogens with zero attached hydrogens (tertiary/aromatic N) is 2. The van der Waals surface area contributed by atoms with E-state index in [0.29, 0.717) is 22.6 Å². The Hall–Kier alpha value is -3.52. The molecule has 2 aliphatic carbocycles. The molecule has 0 fully saturated rings. The number of ketones is 2. The summed E-state index contributed by atoms with van der Waals surface area (Å²) in [5, 5.41) is 13.9. The molecule has 1 aromatic heterocycles. The molecular formula is C20H12N2O3. The van der Waals surface area contributed by atoms with E-state index in [1.54, 1.807) is 30.3 Å². The molecule has 0 N–H and O–H groups in total. The number of fused-ring (bicyclic) bond motifs is 2. The van der Waals surface area contributed by atoms with Crippen LogP contribution in [0.15, 0.2) is 58.7 Å². The number of nitriles is 1. The van der Waals surface area contributed by atoms with Crippen molar-refractivity contribution < 1.29 is 14.1 Å². The molecule has 1 unspecified atom stereocenters. The molecule has 0 radical (unpaired) electrons. The van der Waals surface area contributed by atoms with Crippen molar-refractivity contribution >= 4 is 23.2 Å². The van der Waals surface area contributed by atoms with E-state index in [-0.39, 0.29) is 5.69 Å². The Bertz CT molecular complexity index is 1110. The number of hydrogen-bond donors (Lipinski definition) is 0. The van der Waals surface area contributed by atoms with E-state index in [4.69, 9.17) is 4.52 Å². The van der Waals surface area contributed by atoms with E-state index in [2.05, 4.69) is 5.16 Å². The van der Waals surface area contributed by atoms with E-state index in [1.807, 2.05) is 30.4 Å². The van der Waals surface area contributed by atoms with Crippen LogP contribution < -0.4 is 10.6 Å². The summed E-state index contributed by atoms with van der Waals surface area (Å²) in [6, 6.07) is 10.1. The van der Waals surface area contributed by atoms with Crippen molar-refractivity contribution in [2.24, 2.45) is 5.92 Å². The van der Waals surface area contributed by atoms with Crippen molar-refractivity contribution in [2.45, 2.75) is 6.42 Å². The van der Waals surface area contributed by atoms with Gasteiger partial charge in [0.05, 0.1) is 11.3 Å². The molecule has 0 saturated heterocycles. The van der Waals surface area contributed by atoms with Gasteiger partial charge in [0, 0.05) is 5.56 Å². The molecule has 5 nitrogen and oxygen atoms in total. The van der Waals surface area contributed by atoms with Crippen LogP contribution in [0.2, 0.25) is 0 Å². The van der Waals surface area contributed by atoms with Gasteiger partial charge in [0.15, 0.2) is 22.8 Å². The van der Waals surface area contributed by atoms with Crippen molar-refractivity contribution in [1.29, 1.82) is 5.26 Å². The fourth-order valence-electron chi connectivity index (χ4n) is 3.10. The Morgan fingerprint density at radius 3 is 2.76 bits per heavy atom. The second-order valence-electron chi connectivity index (χ2n) is 5.80. The number of carbonyl (C=O) groups excluding carboxylic acids is 2. The van der Waals surface area contributed by atoms with Crippen LogP contribution >= 0.6 is 0 Å². The minimum absolute atomic E-state index is 0.0516. The molecule has 4 rings (SSSR count). The van der Waals surface area contributed by atoms with Crippen molar-refractivity contribution in [2.75, 3.05) is 0 Å². The van der Waals surface area contributed by atoms with Crippen molar-refractivity contribution in [3.05, 3.63) is 76.0 Å². The molecular weight excluding hydrogens is 316 g/mol. The summed E-state index contributed by atoms with van der Waals surface area (Å²) < 4.78 is 5.26. The monoisotopic (exact) mass is 328 g/mol. The number of benzene rings is 1. The molecule has 2 aliphatic rings. The molecule has 5 heteroatoms. The maximum Gasteiger partial charge on any atom is 0.210 e. The predicted octanol–water partition coefficient (Wildman–Crippen LogP) is 1.71. The van der Waals surface area contributed by atoms with Crippen LogP contribution in [0.5, 0.6) is 0 Å². The highest BCUT2D eigenvalue weighted by atomic mass is 16.5. The highest BCUT2D eigenvalue weighted by molar-refractivity contribution is 6.17. The number of aromatic nitrogens is 1. The molecule has 1 heterocycles. The third-order valence-electron chi connectivity index (χ3n) is 4.33. The van der Waals surface area contributed by atoms with Gasteiger partial charge in [-0.1, -0.05) is 53.7 Å². The molecule has 1 aromatic carbocycles. The molecule has 0 amide bonds. The van der Waals surface area contributed by atoms with Gasteiger partial charge in [-0.3, -0.25) is 9.59 Å². The normalized spacial score (nSPS) is 15.5. The van der Waals surface area contributed by atoms with Gasteiger partial charge >= 0.3 is 0 Å². The van der Waals surface area contributed by atoms with Gasteiger partial charge < -0.3 is 4.52 Å². The zero-order chi connectivity index (χ0) is 17.4. The van der Waals surface area contributed by atoms with E-state index in [9.17, 15) is 14.9 Å². The predicted molar refractivity (Wildman–Crippen MR) is 89.7 cm³/mol. The summed E-state index contributed by atoms with van der Waals surface area (Å²) in [5.74, 6) is -2.60. The van der Waals surface area contributed by atoms with Crippen molar-refractivity contribution in [3.63, 3.8) is 0 Å². The van der Waals surface area contributed by atoms with Gasteiger partial charge in [0.25, 0.3) is 0 Å². The maximum absolute atomic E-state index is 12.9. The van der Waals surface area contributed by atoms with E-state index >= 15 is 0 Å². The number of hydrogen-bond acceptors (Lipinski definition) is 5. The zero-order valence-corrected chi connectivity index (χ0v) is 13.1. The largest absolute Gasteiger partial charge is 0.356 e. The van der Waals surface area contributed by atoms with E-state index in [0.717, 1.165) is 11.1 Å². The molecule has 1 atom stereocenters. The Labute approximate surface area is 142 Å². The molecule has 0 bridgehead atoms. The third-order valence-corrected chi connectivity index (χ3v) is 4.33. The Morgan fingerprint density at radius 1 is 1.20 bits per heavy atom. The fourth-order valence-corrected chi connectivity index (χ4v) is 3.10. The number of Topliss-reactive ketones (excluding diaryl/α,β-unsaturated/α-hetero) is 2. The van der Waals surface area contributed by atoms with Crippen LogP contribution in [0.25, 0.3) is 11.6 Å². The summed E-state index contributed by atoms with van der Waals surface area (Å²) in [4.78, 5) is 25.4. The smallest absolute Gasteiger partial charge is 0.210 e. The van der Waals surface area contributed by atoms with Crippen LogP contribution in [0.4, 0.5) is 0 Å². The average molecular weight is 328 g/mol. The van der Waals surface area contributed by atoms with Gasteiger partial charge in [0.1, 0.15) is 0 Å². The first-order chi connectivity index (χ1) is 12.2. The van der Waals surface area contributed by atoms with Crippen LogP contribution in [-0.4, -0.2) is 16.7 Å². The summed E-state index contributed by atoms with van der Waals surface area (Å²) in [5.41, 5.74) is 2.78. The first-order valence-electron chi connectivity index (χ1n) is 7.81. The number of allylic oxidation sites excluding steroid dienone is 4. The lowest BCUT2D eigenvalue weighted by molar-refractivity contribution is 0.0840. The van der Waals surface area contributed by atoms with Crippen molar-refractivity contribution in [1.82, 2.24) is 5.16 Å². The highest BCUT2D eigenvalue weighted by Gasteiger charge is 2.33. The minimum atomic E-state index is -1.44. The van der Waals surface area contributed by atoms with Crippen LogP contribution in [0.1, 0.15) is 27.3 Å². The first kappa shape index (κ1) is 15.0. The fraction of sp³-hybridized carbons (Fsp3) is 0.100. The highest BCUT2D eigenvalue weighted by Crippen LogP contribution is 2.23. The van der Waals surface area contributed by atoms with E-state index < -0.39 is 17.5 Å². The molecule has 2 aromatic rings. The third kappa shape index (κ3) is 2.36. The van der Waals surface area contributed by atoms with Crippen LogP contribution in [0.3, 0.4) is 0 Å². The van der Waals surface area contributed by atoms with Gasteiger partial charge in [-0.15, -0.1) is 0 Å². The molecule has 25 heavy (non-hydrogen) atoms. The Kier molecular flexibility index (Phi) is 3.51. The standard InChI is InChI=1S/C20H12N2O3/c21-11-15(19(23)12-6-2-1-3-7-12)20(24)18-17-14-9-5-4-8-13(14)10-16(17)25-22-18/h1-8,10,15H,9H2. The topological polar surface area (TPSA) is 84.0 Å². The number of carbonyl (C=O) groups is 2. The Morgan fingerprint density at radius 2 is 2.00 bits per heavy atom. The lowest BCUT2D eigenvalue weighted by atomic mass is 9.92. The summed E-state index contributed by atoms with van der Waals surface area (Å²) in [6.45, 7) is 0. The zero-order valence-electron chi connectivity index (χ0n) is 13.1. The maximum atomic E-state index is 12.9. The summed E-state index contributed by atoms with van der Waals surface area (Å²) in [7, 11) is 0. The molecule has 120 valence electrons. The molecule has 0 saturated carbocycles. The lowest BCUT2D eigenvalue weighted by Gasteiger charge is -2.07. The second kappa shape index (κ2) is 5.84. The van der Waals surface area contributed by atoms with Gasteiger partial charge in [-0.25, -0.2) is 0 Å². The summed E-state index contributed by atoms with van der Waals surface area (Å²) in [6.07, 6.45) is 8.31. The second-order valence-corrected chi connectivity index (χ2v) is 5.80. The van der Waals surface area contributed by atoms with Gasteiger partial charge in [-0.05, 0) is 23.6 Å². The minimum Gasteiger partial charge on any atom is -0.356 e. The molecule has 0 aliphatic heterocycles. The van der Waals surface area contributed by atoms with Crippen LogP contribution in [0, 0.1) is 17.2 Å². The molecule has 0 spiro atoms. The van der Waals surface area contributed by atoms with Crippen LogP contribution in [-0.2, 0) is 0 Å². The average Bonchev–Trinajstić information content (AvgIpc) is 3.22.